The lowest BCUT2D eigenvalue weighted by atomic mass is 9.81. The SMILES string of the molecule is NC1=N[C@@]2(c3cc(NC(=O)c4ncccc4Cl)ccc3F)CCC[C@H]2CS1. The lowest BCUT2D eigenvalue weighted by molar-refractivity contribution is 0.102. The number of hydrogen-bond donors (Lipinski definition) is 2. The summed E-state index contributed by atoms with van der Waals surface area (Å²) >= 11 is 7.55. The second-order valence-electron chi connectivity index (χ2n) is 6.76. The fourth-order valence-electron chi connectivity index (χ4n) is 3.94. The number of carbonyl (C=O) groups excluding carboxylic acids is 1. The van der Waals surface area contributed by atoms with Crippen molar-refractivity contribution in [3.05, 3.63) is 58.6 Å². The molecule has 140 valence electrons. The molecule has 27 heavy (non-hydrogen) atoms. The number of benzene rings is 1. The zero-order valence-corrected chi connectivity index (χ0v) is 16.0. The minimum Gasteiger partial charge on any atom is -0.379 e. The van der Waals surface area contributed by atoms with E-state index < -0.39 is 11.4 Å². The summed E-state index contributed by atoms with van der Waals surface area (Å²) in [4.78, 5) is 21.2. The maximum absolute atomic E-state index is 14.8. The van der Waals surface area contributed by atoms with Crippen LogP contribution in [0.5, 0.6) is 0 Å². The van der Waals surface area contributed by atoms with Crippen LogP contribution in [0, 0.1) is 11.7 Å². The Kier molecular flexibility index (Phi) is 4.82. The number of amidine groups is 1. The van der Waals surface area contributed by atoms with Gasteiger partial charge in [0, 0.05) is 23.2 Å². The summed E-state index contributed by atoms with van der Waals surface area (Å²) in [5.74, 6) is 0.287. The topological polar surface area (TPSA) is 80.4 Å². The molecule has 4 rings (SSSR count). The molecular weight excluding hydrogens is 387 g/mol. The first kappa shape index (κ1) is 18.3. The number of halogens is 2. The van der Waals surface area contributed by atoms with Crippen molar-refractivity contribution >= 4 is 40.1 Å². The zero-order valence-electron chi connectivity index (χ0n) is 14.4. The van der Waals surface area contributed by atoms with Gasteiger partial charge in [0.2, 0.25) is 0 Å². The Hall–Kier alpha value is -2.12. The van der Waals surface area contributed by atoms with Crippen LogP contribution >= 0.6 is 23.4 Å². The first-order valence-electron chi connectivity index (χ1n) is 8.69. The molecule has 1 amide bonds. The van der Waals surface area contributed by atoms with Gasteiger partial charge in [-0.25, -0.2) is 9.37 Å². The monoisotopic (exact) mass is 404 g/mol. The molecule has 1 aromatic heterocycles. The van der Waals surface area contributed by atoms with Crippen LogP contribution in [0.3, 0.4) is 0 Å². The van der Waals surface area contributed by atoms with E-state index >= 15 is 0 Å². The molecule has 2 atom stereocenters. The highest BCUT2D eigenvalue weighted by molar-refractivity contribution is 8.13. The third kappa shape index (κ3) is 3.30. The van der Waals surface area contributed by atoms with E-state index in [-0.39, 0.29) is 22.5 Å². The molecule has 1 fully saturated rings. The number of aromatic nitrogens is 1. The molecule has 2 aromatic rings. The van der Waals surface area contributed by atoms with E-state index in [1.807, 2.05) is 0 Å². The number of fused-ring (bicyclic) bond motifs is 1. The van der Waals surface area contributed by atoms with Gasteiger partial charge in [0.25, 0.3) is 5.91 Å². The molecule has 5 nitrogen and oxygen atoms in total. The number of nitrogens with one attached hydrogen (secondary N) is 1. The van der Waals surface area contributed by atoms with Crippen molar-refractivity contribution in [2.75, 3.05) is 11.1 Å². The average molecular weight is 405 g/mol. The molecule has 8 heteroatoms. The van der Waals surface area contributed by atoms with Gasteiger partial charge in [-0.05, 0) is 49.1 Å². The predicted octanol–water partition coefficient (Wildman–Crippen LogP) is 4.18. The number of thioether (sulfide) groups is 1. The molecule has 2 aliphatic rings. The quantitative estimate of drug-likeness (QED) is 0.804. The van der Waals surface area contributed by atoms with Gasteiger partial charge in [-0.2, -0.15) is 0 Å². The second kappa shape index (κ2) is 7.13. The minimum atomic E-state index is -0.650. The van der Waals surface area contributed by atoms with E-state index in [1.54, 1.807) is 18.2 Å². The molecule has 0 unspecified atom stereocenters. The van der Waals surface area contributed by atoms with Crippen molar-refractivity contribution in [3.8, 4) is 0 Å². The van der Waals surface area contributed by atoms with Crippen molar-refractivity contribution in [2.24, 2.45) is 16.6 Å². The van der Waals surface area contributed by atoms with E-state index in [4.69, 9.17) is 17.3 Å². The molecule has 1 aliphatic heterocycles. The lowest BCUT2D eigenvalue weighted by Gasteiger charge is -2.36. The summed E-state index contributed by atoms with van der Waals surface area (Å²) in [6, 6.07) is 7.80. The highest BCUT2D eigenvalue weighted by Gasteiger charge is 2.48. The number of nitrogens with zero attached hydrogens (tertiary/aromatic N) is 2. The van der Waals surface area contributed by atoms with E-state index in [0.717, 1.165) is 25.0 Å². The number of hydrogen-bond acceptors (Lipinski definition) is 5. The van der Waals surface area contributed by atoms with Gasteiger partial charge < -0.3 is 11.1 Å². The normalized spacial score (nSPS) is 24.2. The van der Waals surface area contributed by atoms with Crippen LogP contribution in [0.1, 0.15) is 35.3 Å². The summed E-state index contributed by atoms with van der Waals surface area (Å²) in [5.41, 5.74) is 6.41. The number of anilines is 1. The molecule has 2 heterocycles. The number of rotatable bonds is 3. The molecule has 1 aliphatic carbocycles. The fraction of sp³-hybridized carbons (Fsp3) is 0.316. The number of pyridine rings is 1. The first-order chi connectivity index (χ1) is 13.0. The number of amides is 1. The maximum atomic E-state index is 14.8. The molecule has 0 bridgehead atoms. The largest absolute Gasteiger partial charge is 0.379 e. The van der Waals surface area contributed by atoms with Crippen LogP contribution in [0.4, 0.5) is 10.1 Å². The van der Waals surface area contributed by atoms with Gasteiger partial charge in [-0.15, -0.1) is 0 Å². The zero-order chi connectivity index (χ0) is 19.0. The van der Waals surface area contributed by atoms with Gasteiger partial charge in [0.15, 0.2) is 5.17 Å². The predicted molar refractivity (Wildman–Crippen MR) is 107 cm³/mol. The van der Waals surface area contributed by atoms with Crippen molar-refractivity contribution < 1.29 is 9.18 Å². The summed E-state index contributed by atoms with van der Waals surface area (Å²) in [6.07, 6.45) is 4.21. The van der Waals surface area contributed by atoms with Crippen molar-refractivity contribution in [1.82, 2.24) is 4.98 Å². The van der Waals surface area contributed by atoms with Crippen LogP contribution in [0.15, 0.2) is 41.5 Å². The third-order valence-electron chi connectivity index (χ3n) is 5.19. The standard InChI is InChI=1S/C19H18ClFN4OS/c20-14-4-2-8-23-16(14)17(26)24-12-5-6-15(21)13(9-12)19-7-1-3-11(19)10-27-18(22)25-19/h2,4-6,8-9,11H,1,3,7,10H2,(H2,22,25)(H,24,26)/t11-,19-/m0/s1. The van der Waals surface area contributed by atoms with E-state index in [9.17, 15) is 9.18 Å². The Bertz CT molecular complexity index is 938. The summed E-state index contributed by atoms with van der Waals surface area (Å²) in [6.45, 7) is 0. The second-order valence-corrected chi connectivity index (χ2v) is 8.20. The van der Waals surface area contributed by atoms with Crippen molar-refractivity contribution in [2.45, 2.75) is 24.8 Å². The summed E-state index contributed by atoms with van der Waals surface area (Å²) in [7, 11) is 0. The smallest absolute Gasteiger partial charge is 0.275 e. The highest BCUT2D eigenvalue weighted by atomic mass is 35.5. The maximum Gasteiger partial charge on any atom is 0.275 e. The highest BCUT2D eigenvalue weighted by Crippen LogP contribution is 2.51. The molecule has 0 spiro atoms. The van der Waals surface area contributed by atoms with Gasteiger partial charge in [-0.1, -0.05) is 29.8 Å². The fourth-order valence-corrected chi connectivity index (χ4v) is 5.19. The first-order valence-corrected chi connectivity index (χ1v) is 10.1. The van der Waals surface area contributed by atoms with Crippen LogP contribution in [-0.4, -0.2) is 21.8 Å². The molecule has 1 aromatic carbocycles. The Morgan fingerprint density at radius 3 is 3.07 bits per heavy atom. The Morgan fingerprint density at radius 2 is 2.26 bits per heavy atom. The number of nitrogens with two attached hydrogens (primary N) is 1. The molecule has 0 radical (unpaired) electrons. The Balaban J connectivity index is 1.69. The van der Waals surface area contributed by atoms with Gasteiger partial charge >= 0.3 is 0 Å². The average Bonchev–Trinajstić information content (AvgIpc) is 3.07. The van der Waals surface area contributed by atoms with Crippen molar-refractivity contribution in [1.29, 1.82) is 0 Å². The van der Waals surface area contributed by atoms with Crippen LogP contribution in [0.25, 0.3) is 0 Å². The number of aliphatic imine (C=N–C) groups is 1. The summed E-state index contributed by atoms with van der Waals surface area (Å²) in [5, 5.41) is 3.50. The molecule has 1 saturated carbocycles. The number of carbonyl (C=O) groups is 1. The van der Waals surface area contributed by atoms with Gasteiger partial charge in [0.05, 0.1) is 10.6 Å². The van der Waals surface area contributed by atoms with E-state index in [1.165, 1.54) is 30.1 Å². The van der Waals surface area contributed by atoms with Crippen LogP contribution in [-0.2, 0) is 5.54 Å². The van der Waals surface area contributed by atoms with Gasteiger partial charge in [0.1, 0.15) is 11.5 Å². The summed E-state index contributed by atoms with van der Waals surface area (Å²) < 4.78 is 14.8. The van der Waals surface area contributed by atoms with E-state index in [2.05, 4.69) is 15.3 Å². The van der Waals surface area contributed by atoms with Crippen molar-refractivity contribution in [3.63, 3.8) is 0 Å². The van der Waals surface area contributed by atoms with Crippen LogP contribution < -0.4 is 11.1 Å². The Labute approximate surface area is 165 Å². The molecular formula is C19H18ClFN4OS. The molecule has 3 N–H and O–H groups in total. The Morgan fingerprint density at radius 1 is 1.41 bits per heavy atom. The van der Waals surface area contributed by atoms with E-state index in [0.29, 0.717) is 16.4 Å². The van der Waals surface area contributed by atoms with Crippen LogP contribution in [0.2, 0.25) is 5.02 Å². The lowest BCUT2D eigenvalue weighted by Crippen LogP contribution is -2.37. The third-order valence-corrected chi connectivity index (χ3v) is 6.45. The van der Waals surface area contributed by atoms with Gasteiger partial charge in [-0.3, -0.25) is 9.79 Å². The minimum absolute atomic E-state index is 0.123. The molecule has 0 saturated heterocycles.